The van der Waals surface area contributed by atoms with Crippen molar-refractivity contribution in [3.05, 3.63) is 52.1 Å². The summed E-state index contributed by atoms with van der Waals surface area (Å²) in [6, 6.07) is 5.50. The first-order chi connectivity index (χ1) is 10.7. The molecule has 0 saturated carbocycles. The van der Waals surface area contributed by atoms with Crippen molar-refractivity contribution in [3.63, 3.8) is 0 Å². The molecule has 2 aromatic rings. The fourth-order valence-corrected chi connectivity index (χ4v) is 2.61. The van der Waals surface area contributed by atoms with Crippen LogP contribution in [0.3, 0.4) is 0 Å². The number of rotatable bonds is 2. The molecule has 0 spiro atoms. The molecule has 0 radical (unpaired) electrons. The minimum absolute atomic E-state index is 0.0153. The molecule has 0 fully saturated rings. The van der Waals surface area contributed by atoms with Gasteiger partial charge in [0.15, 0.2) is 0 Å². The normalized spacial score (nSPS) is 12.5. The Morgan fingerprint density at radius 2 is 1.87 bits per heavy atom. The van der Waals surface area contributed by atoms with Crippen molar-refractivity contribution in [2.45, 2.75) is 6.18 Å². The highest BCUT2D eigenvalue weighted by Gasteiger charge is 2.35. The lowest BCUT2D eigenvalue weighted by atomic mass is 10.1. The number of benzene rings is 1. The average molecular weight is 362 g/mol. The Bertz CT molecular complexity index is 839. The Labute approximate surface area is 140 Å². The van der Waals surface area contributed by atoms with Gasteiger partial charge in [-0.3, -0.25) is 9.56 Å². The molecule has 0 atom stereocenters. The quantitative estimate of drug-likeness (QED) is 0.774. The first-order valence-corrected chi connectivity index (χ1v) is 7.09. The summed E-state index contributed by atoms with van der Waals surface area (Å²) in [5.74, 6) is 0. The van der Waals surface area contributed by atoms with Gasteiger partial charge in [-0.1, -0.05) is 35.8 Å². The first kappa shape index (κ1) is 17.4. The summed E-state index contributed by atoms with van der Waals surface area (Å²) in [7, 11) is 1.37. The molecule has 23 heavy (non-hydrogen) atoms. The van der Waals surface area contributed by atoms with Crippen molar-refractivity contribution in [3.8, 4) is 11.1 Å². The van der Waals surface area contributed by atoms with Crippen LogP contribution in [0, 0.1) is 0 Å². The molecule has 8 heteroatoms. The average Bonchev–Trinajstić information content (AvgIpc) is 2.48. The van der Waals surface area contributed by atoms with Gasteiger partial charge in [0, 0.05) is 18.8 Å². The molecular formula is C15H12Cl2F3N3. The molecule has 0 unspecified atom stereocenters. The topological polar surface area (TPSA) is 43.3 Å². The summed E-state index contributed by atoms with van der Waals surface area (Å²) in [5.41, 5.74) is 5.90. The number of nitrogens with two attached hydrogens (primary N) is 1. The molecule has 1 aromatic carbocycles. The molecule has 2 N–H and O–H groups in total. The fourth-order valence-electron chi connectivity index (χ4n) is 2.19. The second-order valence-electron chi connectivity index (χ2n) is 4.59. The number of anilines is 1. The van der Waals surface area contributed by atoms with Gasteiger partial charge in [0.25, 0.3) is 0 Å². The summed E-state index contributed by atoms with van der Waals surface area (Å²) >= 11 is 12.0. The number of nitrogens with zero attached hydrogens (tertiary/aromatic N) is 2. The SMILES string of the molecule is C=Cn1c(C(F)(F)F)cc(Cl)c(-c2ccc(Cl)c(N)c2)c1=NC. The number of hydrogen-bond acceptors (Lipinski definition) is 2. The van der Waals surface area contributed by atoms with Crippen LogP contribution >= 0.6 is 23.2 Å². The number of halogens is 5. The zero-order valence-corrected chi connectivity index (χ0v) is 13.5. The van der Waals surface area contributed by atoms with Gasteiger partial charge < -0.3 is 5.73 Å². The lowest BCUT2D eigenvalue weighted by Crippen LogP contribution is -2.27. The minimum Gasteiger partial charge on any atom is -0.398 e. The number of aromatic nitrogens is 1. The number of alkyl halides is 3. The fraction of sp³-hybridized carbons (Fsp3) is 0.133. The van der Waals surface area contributed by atoms with Crippen LogP contribution < -0.4 is 11.2 Å². The van der Waals surface area contributed by atoms with E-state index in [9.17, 15) is 13.2 Å². The molecule has 1 aromatic heterocycles. The van der Waals surface area contributed by atoms with E-state index in [-0.39, 0.29) is 16.2 Å². The minimum atomic E-state index is -4.60. The van der Waals surface area contributed by atoms with E-state index >= 15 is 0 Å². The maximum absolute atomic E-state index is 13.2. The van der Waals surface area contributed by atoms with Crippen molar-refractivity contribution < 1.29 is 13.2 Å². The third-order valence-electron chi connectivity index (χ3n) is 3.18. The van der Waals surface area contributed by atoms with E-state index in [4.69, 9.17) is 28.9 Å². The van der Waals surface area contributed by atoms with Gasteiger partial charge in [-0.15, -0.1) is 0 Å². The highest BCUT2D eigenvalue weighted by atomic mass is 35.5. The highest BCUT2D eigenvalue weighted by molar-refractivity contribution is 6.34. The van der Waals surface area contributed by atoms with Crippen LogP contribution in [0.1, 0.15) is 5.69 Å². The summed E-state index contributed by atoms with van der Waals surface area (Å²) in [4.78, 5) is 3.94. The molecule has 0 saturated heterocycles. The maximum atomic E-state index is 13.2. The van der Waals surface area contributed by atoms with Crippen LogP contribution in [0.2, 0.25) is 10.0 Å². The van der Waals surface area contributed by atoms with Crippen molar-refractivity contribution >= 4 is 35.1 Å². The summed E-state index contributed by atoms with van der Waals surface area (Å²) in [5, 5.41) is 0.237. The lowest BCUT2D eigenvalue weighted by molar-refractivity contribution is -0.142. The summed E-state index contributed by atoms with van der Waals surface area (Å²) < 4.78 is 40.4. The predicted molar refractivity (Wildman–Crippen MR) is 87.2 cm³/mol. The van der Waals surface area contributed by atoms with E-state index in [1.54, 1.807) is 6.07 Å². The van der Waals surface area contributed by atoms with Gasteiger partial charge in [0.1, 0.15) is 11.2 Å². The molecule has 0 aliphatic rings. The molecule has 3 nitrogen and oxygen atoms in total. The molecule has 1 heterocycles. The Morgan fingerprint density at radius 1 is 1.22 bits per heavy atom. The van der Waals surface area contributed by atoms with Crippen LogP contribution in [0.25, 0.3) is 17.3 Å². The largest absolute Gasteiger partial charge is 0.431 e. The van der Waals surface area contributed by atoms with Gasteiger partial charge in [-0.05, 0) is 23.8 Å². The van der Waals surface area contributed by atoms with Gasteiger partial charge in [-0.2, -0.15) is 13.2 Å². The van der Waals surface area contributed by atoms with Gasteiger partial charge in [-0.25, -0.2) is 0 Å². The van der Waals surface area contributed by atoms with Gasteiger partial charge in [0.2, 0.25) is 0 Å². The predicted octanol–water partition coefficient (Wildman–Crippen LogP) is 4.69. The third-order valence-corrected chi connectivity index (χ3v) is 3.83. The van der Waals surface area contributed by atoms with Crippen molar-refractivity contribution in [2.75, 3.05) is 12.8 Å². The molecule has 122 valence electrons. The second-order valence-corrected chi connectivity index (χ2v) is 5.40. The van der Waals surface area contributed by atoms with Crippen LogP contribution in [0.5, 0.6) is 0 Å². The Morgan fingerprint density at radius 3 is 2.35 bits per heavy atom. The number of hydrogen-bond donors (Lipinski definition) is 1. The second kappa shape index (κ2) is 6.29. The molecule has 0 aliphatic carbocycles. The Hall–Kier alpha value is -1.92. The van der Waals surface area contributed by atoms with Crippen LogP contribution in [0.15, 0.2) is 35.8 Å². The van der Waals surface area contributed by atoms with E-state index < -0.39 is 11.9 Å². The van der Waals surface area contributed by atoms with Gasteiger partial charge >= 0.3 is 6.18 Å². The monoisotopic (exact) mass is 361 g/mol. The summed E-state index contributed by atoms with van der Waals surface area (Å²) in [6.07, 6.45) is -3.57. The number of pyridine rings is 1. The zero-order valence-electron chi connectivity index (χ0n) is 12.0. The van der Waals surface area contributed by atoms with E-state index in [2.05, 4.69) is 11.6 Å². The van der Waals surface area contributed by atoms with Gasteiger partial charge in [0.05, 0.1) is 15.7 Å². The lowest BCUT2D eigenvalue weighted by Gasteiger charge is -2.17. The molecule has 0 bridgehead atoms. The smallest absolute Gasteiger partial charge is 0.398 e. The molecule has 2 rings (SSSR count). The summed E-state index contributed by atoms with van der Waals surface area (Å²) in [6.45, 7) is 3.42. The van der Waals surface area contributed by atoms with Crippen LogP contribution in [-0.2, 0) is 6.18 Å². The van der Waals surface area contributed by atoms with E-state index in [0.29, 0.717) is 16.1 Å². The highest BCUT2D eigenvalue weighted by Crippen LogP contribution is 2.35. The maximum Gasteiger partial charge on any atom is 0.431 e. The zero-order chi connectivity index (χ0) is 17.4. The van der Waals surface area contributed by atoms with Crippen molar-refractivity contribution in [2.24, 2.45) is 4.99 Å². The molecule has 0 aliphatic heterocycles. The Kier molecular flexibility index (Phi) is 4.77. The van der Waals surface area contributed by atoms with E-state index in [1.807, 2.05) is 0 Å². The first-order valence-electron chi connectivity index (χ1n) is 6.33. The standard InChI is InChI=1S/C15H12Cl2F3N3/c1-3-23-12(15(18,19)20)7-10(17)13(14(23)22-2)8-4-5-9(16)11(21)6-8/h3-7H,1,21H2,2H3. The van der Waals surface area contributed by atoms with Crippen molar-refractivity contribution in [1.29, 1.82) is 0 Å². The van der Waals surface area contributed by atoms with Crippen LogP contribution in [-0.4, -0.2) is 11.6 Å². The van der Waals surface area contributed by atoms with Crippen LogP contribution in [0.4, 0.5) is 18.9 Å². The Balaban J connectivity index is 2.90. The number of nitrogen functional groups attached to an aromatic ring is 1. The molecule has 0 amide bonds. The van der Waals surface area contributed by atoms with E-state index in [1.165, 1.54) is 19.2 Å². The van der Waals surface area contributed by atoms with E-state index in [0.717, 1.165) is 16.8 Å². The third kappa shape index (κ3) is 3.23. The van der Waals surface area contributed by atoms with Crippen molar-refractivity contribution in [1.82, 2.24) is 4.57 Å². The molecular weight excluding hydrogens is 350 g/mol.